The number of nitrogens with zero attached hydrogens (tertiary/aromatic N) is 5. The van der Waals surface area contributed by atoms with Gasteiger partial charge in [0.2, 0.25) is 0 Å². The van der Waals surface area contributed by atoms with Crippen molar-refractivity contribution >= 4 is 34.1 Å². The van der Waals surface area contributed by atoms with E-state index in [0.717, 1.165) is 29.1 Å². The van der Waals surface area contributed by atoms with E-state index in [0.29, 0.717) is 18.8 Å². The van der Waals surface area contributed by atoms with Crippen LogP contribution in [0.3, 0.4) is 0 Å². The second-order valence-electron chi connectivity index (χ2n) is 5.90. The van der Waals surface area contributed by atoms with Crippen LogP contribution in [0.25, 0.3) is 5.69 Å². The zero-order chi connectivity index (χ0) is 17.9. The molecule has 1 aliphatic rings. The molecule has 2 aromatic heterocycles. The summed E-state index contributed by atoms with van der Waals surface area (Å²) in [5.41, 5.74) is 1.57. The molecule has 0 saturated carbocycles. The second-order valence-corrected chi connectivity index (χ2v) is 7.54. The Bertz CT molecular complexity index is 870. The van der Waals surface area contributed by atoms with Crippen molar-refractivity contribution in [3.8, 4) is 5.69 Å². The predicted octanol–water partition coefficient (Wildman–Crippen LogP) is 3.01. The van der Waals surface area contributed by atoms with Crippen LogP contribution < -0.4 is 4.90 Å². The van der Waals surface area contributed by atoms with Crippen LogP contribution in [-0.4, -0.2) is 57.8 Å². The molecule has 1 fully saturated rings. The van der Waals surface area contributed by atoms with Crippen molar-refractivity contribution in [1.82, 2.24) is 19.4 Å². The second kappa shape index (κ2) is 7.51. The lowest BCUT2D eigenvalue weighted by molar-refractivity contribution is 0.0738. The normalized spacial score (nSPS) is 14.7. The minimum atomic E-state index is 0.0282. The summed E-state index contributed by atoms with van der Waals surface area (Å²) in [5.74, 6) is 0.0282. The van der Waals surface area contributed by atoms with Crippen molar-refractivity contribution in [3.63, 3.8) is 0 Å². The summed E-state index contributed by atoms with van der Waals surface area (Å²) >= 11 is 3.18. The molecule has 1 aliphatic heterocycles. The number of para-hydroxylation sites is 1. The fourth-order valence-corrected chi connectivity index (χ4v) is 4.33. The van der Waals surface area contributed by atoms with E-state index in [1.165, 1.54) is 11.8 Å². The van der Waals surface area contributed by atoms with Gasteiger partial charge in [-0.1, -0.05) is 30.0 Å². The molecular formula is C18H19N5OS2. The number of hydrogen-bond acceptors (Lipinski definition) is 6. The molecule has 0 atom stereocenters. The number of thioether (sulfide) groups is 1. The molecule has 4 rings (SSSR count). The lowest BCUT2D eigenvalue weighted by Gasteiger charge is -2.34. The van der Waals surface area contributed by atoms with Crippen molar-refractivity contribution < 1.29 is 4.79 Å². The number of anilines is 1. The Hall–Kier alpha value is -2.32. The SMILES string of the molecule is CSc1ncc(C(=O)N2CCN(c3nccs3)CC2)n1-c1ccccc1. The van der Waals surface area contributed by atoms with Crippen LogP contribution in [-0.2, 0) is 0 Å². The standard InChI is InChI=1S/C18H19N5OS2/c1-25-18-20-13-15(23(18)14-5-3-2-4-6-14)16(24)21-8-10-22(11-9-21)17-19-7-12-26-17/h2-7,12-13H,8-11H2,1H3. The number of rotatable bonds is 4. The molecule has 0 aliphatic carbocycles. The summed E-state index contributed by atoms with van der Waals surface area (Å²) in [6.45, 7) is 2.97. The number of carbonyl (C=O) groups excluding carboxylic acids is 1. The lowest BCUT2D eigenvalue weighted by atomic mass is 10.2. The number of imidazole rings is 1. The summed E-state index contributed by atoms with van der Waals surface area (Å²) in [4.78, 5) is 26.1. The Morgan fingerprint density at radius 3 is 2.54 bits per heavy atom. The summed E-state index contributed by atoms with van der Waals surface area (Å²) in [6, 6.07) is 9.91. The van der Waals surface area contributed by atoms with Crippen molar-refractivity contribution in [2.45, 2.75) is 5.16 Å². The molecule has 1 amide bonds. The maximum absolute atomic E-state index is 13.1. The largest absolute Gasteiger partial charge is 0.345 e. The van der Waals surface area contributed by atoms with Crippen LogP contribution >= 0.6 is 23.1 Å². The van der Waals surface area contributed by atoms with Crippen LogP contribution in [0.5, 0.6) is 0 Å². The van der Waals surface area contributed by atoms with Gasteiger partial charge in [-0.2, -0.15) is 0 Å². The number of benzene rings is 1. The van der Waals surface area contributed by atoms with E-state index >= 15 is 0 Å². The Balaban J connectivity index is 1.55. The van der Waals surface area contributed by atoms with Gasteiger partial charge >= 0.3 is 0 Å². The van der Waals surface area contributed by atoms with Gasteiger partial charge in [-0.05, 0) is 18.4 Å². The van der Waals surface area contributed by atoms with Crippen LogP contribution in [0.15, 0.2) is 53.3 Å². The van der Waals surface area contributed by atoms with Gasteiger partial charge < -0.3 is 9.80 Å². The summed E-state index contributed by atoms with van der Waals surface area (Å²) < 4.78 is 1.94. The first-order valence-electron chi connectivity index (χ1n) is 8.39. The van der Waals surface area contributed by atoms with E-state index in [1.807, 2.05) is 57.6 Å². The first-order chi connectivity index (χ1) is 12.8. The zero-order valence-corrected chi connectivity index (χ0v) is 16.0. The van der Waals surface area contributed by atoms with Crippen molar-refractivity contribution in [2.75, 3.05) is 37.3 Å². The monoisotopic (exact) mass is 385 g/mol. The van der Waals surface area contributed by atoms with Crippen molar-refractivity contribution in [1.29, 1.82) is 0 Å². The van der Waals surface area contributed by atoms with E-state index < -0.39 is 0 Å². The molecule has 3 aromatic rings. The highest BCUT2D eigenvalue weighted by atomic mass is 32.2. The first-order valence-corrected chi connectivity index (χ1v) is 10.5. The highest BCUT2D eigenvalue weighted by Gasteiger charge is 2.26. The molecule has 1 saturated heterocycles. The smallest absolute Gasteiger partial charge is 0.272 e. The molecule has 0 spiro atoms. The summed E-state index contributed by atoms with van der Waals surface area (Å²) in [5, 5.41) is 3.83. The number of aromatic nitrogens is 3. The zero-order valence-electron chi connectivity index (χ0n) is 14.4. The minimum absolute atomic E-state index is 0.0282. The Kier molecular flexibility index (Phi) is 4.94. The summed E-state index contributed by atoms with van der Waals surface area (Å²) in [7, 11) is 0. The Morgan fingerprint density at radius 1 is 1.12 bits per heavy atom. The van der Waals surface area contributed by atoms with E-state index in [2.05, 4.69) is 14.9 Å². The molecule has 6 nitrogen and oxygen atoms in total. The quantitative estimate of drug-likeness (QED) is 0.646. The molecule has 0 radical (unpaired) electrons. The fourth-order valence-electron chi connectivity index (χ4n) is 3.09. The molecule has 8 heteroatoms. The molecule has 134 valence electrons. The van der Waals surface area contributed by atoms with E-state index in [9.17, 15) is 4.79 Å². The third-order valence-electron chi connectivity index (χ3n) is 4.40. The van der Waals surface area contributed by atoms with Gasteiger partial charge in [0, 0.05) is 43.4 Å². The highest BCUT2D eigenvalue weighted by Crippen LogP contribution is 2.24. The Labute approximate surface area is 160 Å². The van der Waals surface area contributed by atoms with Gasteiger partial charge in [0.1, 0.15) is 5.69 Å². The van der Waals surface area contributed by atoms with Gasteiger partial charge in [0.25, 0.3) is 5.91 Å². The molecule has 1 aromatic carbocycles. The first kappa shape index (κ1) is 17.1. The molecule has 0 N–H and O–H groups in total. The molecule has 0 unspecified atom stereocenters. The van der Waals surface area contributed by atoms with E-state index in [4.69, 9.17) is 0 Å². The summed E-state index contributed by atoms with van der Waals surface area (Å²) in [6.07, 6.45) is 5.48. The number of amides is 1. The molecule has 3 heterocycles. The molecule has 0 bridgehead atoms. The minimum Gasteiger partial charge on any atom is -0.345 e. The average Bonchev–Trinajstić information content (AvgIpc) is 3.38. The third kappa shape index (κ3) is 3.22. The Morgan fingerprint density at radius 2 is 1.88 bits per heavy atom. The average molecular weight is 386 g/mol. The van der Waals surface area contributed by atoms with Gasteiger partial charge in [0.05, 0.1) is 6.20 Å². The topological polar surface area (TPSA) is 54.3 Å². The predicted molar refractivity (Wildman–Crippen MR) is 106 cm³/mol. The van der Waals surface area contributed by atoms with E-state index in [1.54, 1.807) is 17.5 Å². The fraction of sp³-hybridized carbons (Fsp3) is 0.278. The third-order valence-corrected chi connectivity index (χ3v) is 5.89. The van der Waals surface area contributed by atoms with Crippen LogP contribution in [0.2, 0.25) is 0 Å². The number of thiazole rings is 1. The van der Waals surface area contributed by atoms with Crippen molar-refractivity contribution in [3.05, 3.63) is 53.8 Å². The highest BCUT2D eigenvalue weighted by molar-refractivity contribution is 7.98. The maximum Gasteiger partial charge on any atom is 0.272 e. The van der Waals surface area contributed by atoms with Crippen LogP contribution in [0, 0.1) is 0 Å². The van der Waals surface area contributed by atoms with Gasteiger partial charge in [-0.15, -0.1) is 11.3 Å². The van der Waals surface area contributed by atoms with E-state index in [-0.39, 0.29) is 5.91 Å². The molecule has 26 heavy (non-hydrogen) atoms. The number of carbonyl (C=O) groups is 1. The number of piperazine rings is 1. The van der Waals surface area contributed by atoms with Crippen LogP contribution in [0.1, 0.15) is 10.5 Å². The lowest BCUT2D eigenvalue weighted by Crippen LogP contribution is -2.49. The van der Waals surface area contributed by atoms with Gasteiger partial charge in [-0.3, -0.25) is 9.36 Å². The van der Waals surface area contributed by atoms with Gasteiger partial charge in [-0.25, -0.2) is 9.97 Å². The van der Waals surface area contributed by atoms with Crippen molar-refractivity contribution in [2.24, 2.45) is 0 Å². The number of hydrogen-bond donors (Lipinski definition) is 0. The van der Waals surface area contributed by atoms with Crippen LogP contribution in [0.4, 0.5) is 5.13 Å². The molecular weight excluding hydrogens is 366 g/mol. The maximum atomic E-state index is 13.1. The van der Waals surface area contributed by atoms with Gasteiger partial charge in [0.15, 0.2) is 10.3 Å².